The summed E-state index contributed by atoms with van der Waals surface area (Å²) in [7, 11) is 0. The second-order valence-electron chi connectivity index (χ2n) is 5.37. The number of carbonyl (C=O) groups is 1. The third-order valence-electron chi connectivity index (χ3n) is 3.41. The van der Waals surface area contributed by atoms with Crippen LogP contribution in [0.4, 0.5) is 14.9 Å². The summed E-state index contributed by atoms with van der Waals surface area (Å²) in [6.45, 7) is 2.30. The number of carbonyl (C=O) groups excluding carboxylic acids is 1. The minimum Gasteiger partial charge on any atom is -0.334 e. The number of benzene rings is 1. The van der Waals surface area contributed by atoms with Crippen molar-refractivity contribution in [3.63, 3.8) is 0 Å². The molecule has 0 bridgehead atoms. The molecule has 1 atom stereocenters. The van der Waals surface area contributed by atoms with E-state index in [1.165, 1.54) is 12.4 Å². The zero-order chi connectivity index (χ0) is 16.9. The van der Waals surface area contributed by atoms with Crippen molar-refractivity contribution in [3.05, 3.63) is 61.2 Å². The van der Waals surface area contributed by atoms with Crippen LogP contribution in [0.1, 0.15) is 6.92 Å². The normalized spacial score (nSPS) is 11.9. The molecule has 1 aromatic carbocycles. The van der Waals surface area contributed by atoms with Gasteiger partial charge in [-0.25, -0.2) is 14.2 Å². The highest BCUT2D eigenvalue weighted by molar-refractivity contribution is 5.89. The first-order valence-corrected chi connectivity index (χ1v) is 7.44. The lowest BCUT2D eigenvalue weighted by Gasteiger charge is -2.15. The third kappa shape index (κ3) is 3.78. The lowest BCUT2D eigenvalue weighted by Crippen LogP contribution is -2.38. The van der Waals surface area contributed by atoms with Crippen LogP contribution in [0, 0.1) is 5.82 Å². The van der Waals surface area contributed by atoms with Gasteiger partial charge in [-0.2, -0.15) is 5.10 Å². The van der Waals surface area contributed by atoms with E-state index in [-0.39, 0.29) is 11.7 Å². The number of nitrogens with zero attached hydrogens (tertiary/aromatic N) is 4. The van der Waals surface area contributed by atoms with E-state index in [4.69, 9.17) is 0 Å². The Morgan fingerprint density at radius 2 is 2.12 bits per heavy atom. The van der Waals surface area contributed by atoms with Crippen molar-refractivity contribution < 1.29 is 9.18 Å². The van der Waals surface area contributed by atoms with Crippen molar-refractivity contribution in [2.75, 3.05) is 5.32 Å². The Hall–Kier alpha value is -3.16. The molecule has 0 saturated carbocycles. The molecule has 0 spiro atoms. The molecule has 8 heteroatoms. The zero-order valence-electron chi connectivity index (χ0n) is 13.1. The molecular weight excluding hydrogens is 311 g/mol. The molecule has 124 valence electrons. The molecule has 24 heavy (non-hydrogen) atoms. The topological polar surface area (TPSA) is 76.8 Å². The highest BCUT2D eigenvalue weighted by Crippen LogP contribution is 2.19. The number of halogens is 1. The Morgan fingerprint density at radius 3 is 2.83 bits per heavy atom. The molecule has 0 unspecified atom stereocenters. The van der Waals surface area contributed by atoms with Crippen molar-refractivity contribution in [3.8, 4) is 5.69 Å². The molecule has 0 aliphatic carbocycles. The molecule has 2 heterocycles. The lowest BCUT2D eigenvalue weighted by atomic mass is 10.2. The Kier molecular flexibility index (Phi) is 4.55. The largest absolute Gasteiger partial charge is 0.334 e. The second-order valence-corrected chi connectivity index (χ2v) is 5.37. The summed E-state index contributed by atoms with van der Waals surface area (Å²) in [4.78, 5) is 15.9. The monoisotopic (exact) mass is 328 g/mol. The van der Waals surface area contributed by atoms with E-state index in [1.54, 1.807) is 23.1 Å². The van der Waals surface area contributed by atoms with Gasteiger partial charge in [0, 0.05) is 24.1 Å². The van der Waals surface area contributed by atoms with Crippen LogP contribution in [-0.4, -0.2) is 31.4 Å². The van der Waals surface area contributed by atoms with Gasteiger partial charge in [-0.15, -0.1) is 0 Å². The van der Waals surface area contributed by atoms with E-state index in [2.05, 4.69) is 20.7 Å². The Bertz CT molecular complexity index is 800. The van der Waals surface area contributed by atoms with Gasteiger partial charge in [0.15, 0.2) is 0 Å². The molecule has 0 radical (unpaired) electrons. The van der Waals surface area contributed by atoms with Gasteiger partial charge in [-0.1, -0.05) is 0 Å². The van der Waals surface area contributed by atoms with E-state index >= 15 is 0 Å². The number of urea groups is 1. The van der Waals surface area contributed by atoms with Gasteiger partial charge in [-0.05, 0) is 37.3 Å². The number of amides is 2. The first-order chi connectivity index (χ1) is 11.6. The number of anilines is 1. The maximum atomic E-state index is 13.9. The lowest BCUT2D eigenvalue weighted by molar-refractivity contribution is 0.247. The van der Waals surface area contributed by atoms with Crippen molar-refractivity contribution in [1.82, 2.24) is 24.6 Å². The van der Waals surface area contributed by atoms with E-state index in [1.807, 2.05) is 36.0 Å². The van der Waals surface area contributed by atoms with E-state index in [0.29, 0.717) is 6.54 Å². The average Bonchev–Trinajstić information content (AvgIpc) is 3.22. The highest BCUT2D eigenvalue weighted by atomic mass is 19.1. The maximum Gasteiger partial charge on any atom is 0.319 e. The number of hydrogen-bond donors (Lipinski definition) is 2. The van der Waals surface area contributed by atoms with E-state index in [0.717, 1.165) is 5.69 Å². The fourth-order valence-electron chi connectivity index (χ4n) is 2.31. The number of hydrogen-bond acceptors (Lipinski definition) is 3. The van der Waals surface area contributed by atoms with Crippen molar-refractivity contribution in [2.24, 2.45) is 0 Å². The summed E-state index contributed by atoms with van der Waals surface area (Å²) in [5, 5.41) is 9.25. The fourth-order valence-corrected chi connectivity index (χ4v) is 2.31. The zero-order valence-corrected chi connectivity index (χ0v) is 13.1. The van der Waals surface area contributed by atoms with Gasteiger partial charge in [0.1, 0.15) is 18.5 Å². The Balaban J connectivity index is 1.64. The quantitative estimate of drug-likeness (QED) is 0.755. The van der Waals surface area contributed by atoms with Crippen molar-refractivity contribution in [2.45, 2.75) is 19.5 Å². The van der Waals surface area contributed by atoms with Crippen LogP contribution in [0.3, 0.4) is 0 Å². The van der Waals surface area contributed by atoms with Gasteiger partial charge in [0.2, 0.25) is 0 Å². The van der Waals surface area contributed by atoms with Crippen LogP contribution in [0.2, 0.25) is 0 Å². The molecule has 3 aromatic rings. The summed E-state index contributed by atoms with van der Waals surface area (Å²) in [5.74, 6) is -0.495. The smallest absolute Gasteiger partial charge is 0.319 e. The third-order valence-corrected chi connectivity index (χ3v) is 3.41. The van der Waals surface area contributed by atoms with Crippen molar-refractivity contribution >= 4 is 11.7 Å². The van der Waals surface area contributed by atoms with E-state index < -0.39 is 11.8 Å². The molecule has 2 amide bonds. The predicted molar refractivity (Wildman–Crippen MR) is 87.4 cm³/mol. The number of nitrogens with one attached hydrogen (secondary N) is 2. The van der Waals surface area contributed by atoms with Gasteiger partial charge >= 0.3 is 6.03 Å². The minimum absolute atomic E-state index is 0.117. The maximum absolute atomic E-state index is 13.9. The second kappa shape index (κ2) is 6.95. The van der Waals surface area contributed by atoms with Crippen LogP contribution >= 0.6 is 0 Å². The van der Waals surface area contributed by atoms with Crippen LogP contribution in [0.15, 0.2) is 55.4 Å². The van der Waals surface area contributed by atoms with Gasteiger partial charge in [-0.3, -0.25) is 4.68 Å². The van der Waals surface area contributed by atoms with Crippen molar-refractivity contribution in [1.29, 1.82) is 0 Å². The number of aromatic nitrogens is 4. The van der Waals surface area contributed by atoms with Gasteiger partial charge in [0.25, 0.3) is 0 Å². The Labute approximate surface area is 138 Å². The standard InChI is InChI=1S/C16H17FN6O/c1-12(9-23-11-18-10-19-23)20-16(24)21-15-8-13(4-5-14(15)17)22-6-2-3-7-22/h2-8,10-12H,9H2,1H3,(H2,20,21,24)/t12-/m1/s1. The van der Waals surface area contributed by atoms with Crippen LogP contribution in [0.5, 0.6) is 0 Å². The molecule has 2 N–H and O–H groups in total. The average molecular weight is 328 g/mol. The molecule has 0 fully saturated rings. The molecule has 3 rings (SSSR count). The Morgan fingerprint density at radius 1 is 1.33 bits per heavy atom. The molecular formula is C16H17FN6O. The SMILES string of the molecule is C[C@H](Cn1cncn1)NC(=O)Nc1cc(-n2cccc2)ccc1F. The molecule has 0 aliphatic heterocycles. The van der Waals surface area contributed by atoms with Crippen LogP contribution in [0.25, 0.3) is 5.69 Å². The summed E-state index contributed by atoms with van der Waals surface area (Å²) in [5.41, 5.74) is 0.874. The fraction of sp³-hybridized carbons (Fsp3) is 0.188. The first kappa shape index (κ1) is 15.7. The predicted octanol–water partition coefficient (Wildman–Crippen LogP) is 2.42. The summed E-state index contributed by atoms with van der Waals surface area (Å²) < 4.78 is 17.4. The molecule has 2 aromatic heterocycles. The summed E-state index contributed by atoms with van der Waals surface area (Å²) in [6, 6.07) is 7.62. The molecule has 0 aliphatic rings. The highest BCUT2D eigenvalue weighted by Gasteiger charge is 2.11. The summed E-state index contributed by atoms with van der Waals surface area (Å²) >= 11 is 0. The minimum atomic E-state index is -0.495. The van der Waals surface area contributed by atoms with Crippen LogP contribution < -0.4 is 10.6 Å². The molecule has 0 saturated heterocycles. The first-order valence-electron chi connectivity index (χ1n) is 7.44. The van der Waals surface area contributed by atoms with Crippen LogP contribution in [-0.2, 0) is 6.54 Å². The molecule has 7 nitrogen and oxygen atoms in total. The van der Waals surface area contributed by atoms with Gasteiger partial charge < -0.3 is 15.2 Å². The van der Waals surface area contributed by atoms with E-state index in [9.17, 15) is 9.18 Å². The number of rotatable bonds is 5. The summed E-state index contributed by atoms with van der Waals surface area (Å²) in [6.07, 6.45) is 6.68. The van der Waals surface area contributed by atoms with Gasteiger partial charge in [0.05, 0.1) is 12.2 Å².